The van der Waals surface area contributed by atoms with Crippen molar-refractivity contribution in [2.75, 3.05) is 0 Å². The summed E-state index contributed by atoms with van der Waals surface area (Å²) in [5.74, 6) is 0.616. The second-order valence-electron chi connectivity index (χ2n) is 5.43. The molecule has 1 amide bonds. The van der Waals surface area contributed by atoms with Gasteiger partial charge in [-0.15, -0.1) is 0 Å². The number of carbonyl (C=O) groups is 1. The maximum atomic E-state index is 12.2. The van der Waals surface area contributed by atoms with Crippen molar-refractivity contribution in [2.45, 2.75) is 39.3 Å². The molecule has 1 aromatic heterocycles. The molecule has 5 heteroatoms. The number of amides is 1. The predicted octanol–water partition coefficient (Wildman–Crippen LogP) is 3.24. The number of carbonyl (C=O) groups excluding carboxylic acids is 1. The van der Waals surface area contributed by atoms with Gasteiger partial charge in [-0.2, -0.15) is 0 Å². The van der Waals surface area contributed by atoms with E-state index >= 15 is 0 Å². The number of imidazole rings is 1. The Morgan fingerprint density at radius 1 is 1.55 bits per heavy atom. The number of aryl methyl sites for hydroxylation is 1. The molecule has 106 valence electrons. The van der Waals surface area contributed by atoms with E-state index in [1.807, 2.05) is 29.7 Å². The number of nitrogens with one attached hydrogen (secondary N) is 1. The van der Waals surface area contributed by atoms with Crippen molar-refractivity contribution < 1.29 is 4.79 Å². The van der Waals surface area contributed by atoms with Crippen LogP contribution in [0.5, 0.6) is 0 Å². The van der Waals surface area contributed by atoms with E-state index in [1.165, 1.54) is 12.8 Å². The molecule has 1 aliphatic carbocycles. The summed E-state index contributed by atoms with van der Waals surface area (Å²) in [5, 5.41) is 3.52. The zero-order valence-electron chi connectivity index (χ0n) is 11.7. The van der Waals surface area contributed by atoms with E-state index in [2.05, 4.69) is 17.2 Å². The number of nitrogens with zero attached hydrogens (tertiary/aromatic N) is 2. The average Bonchev–Trinajstić information content (AvgIpc) is 3.21. The Hall–Kier alpha value is -1.55. The van der Waals surface area contributed by atoms with Gasteiger partial charge in [-0.05, 0) is 62.4 Å². The molecule has 3 rings (SSSR count). The Morgan fingerprint density at radius 2 is 2.30 bits per heavy atom. The van der Waals surface area contributed by atoms with E-state index in [-0.39, 0.29) is 11.9 Å². The minimum Gasteiger partial charge on any atom is -0.349 e. The number of hydrogen-bond acceptors (Lipinski definition) is 2. The van der Waals surface area contributed by atoms with Crippen LogP contribution in [0, 0.1) is 5.92 Å². The van der Waals surface area contributed by atoms with Crippen molar-refractivity contribution in [2.24, 2.45) is 5.92 Å². The van der Waals surface area contributed by atoms with Gasteiger partial charge in [-0.1, -0.05) is 0 Å². The van der Waals surface area contributed by atoms with E-state index in [1.54, 1.807) is 0 Å². The minimum absolute atomic E-state index is 0.0338. The van der Waals surface area contributed by atoms with Crippen LogP contribution in [0.2, 0.25) is 5.28 Å². The van der Waals surface area contributed by atoms with Gasteiger partial charge < -0.3 is 9.88 Å². The number of halogens is 1. The fourth-order valence-electron chi connectivity index (χ4n) is 2.55. The SMILES string of the molecule is CCn1c(Cl)nc2cc(C(=O)NC(C)C3CC3)ccc21. The van der Waals surface area contributed by atoms with E-state index in [9.17, 15) is 4.79 Å². The van der Waals surface area contributed by atoms with Gasteiger partial charge in [0.25, 0.3) is 5.91 Å². The highest BCUT2D eigenvalue weighted by Crippen LogP contribution is 2.32. The van der Waals surface area contributed by atoms with Crippen molar-refractivity contribution in [3.63, 3.8) is 0 Å². The molecular weight excluding hydrogens is 274 g/mol. The molecule has 1 heterocycles. The van der Waals surface area contributed by atoms with E-state index in [0.717, 1.165) is 17.6 Å². The molecule has 1 unspecified atom stereocenters. The molecule has 0 spiro atoms. The van der Waals surface area contributed by atoms with Gasteiger partial charge in [0.1, 0.15) is 0 Å². The molecule has 1 saturated carbocycles. The molecule has 2 aromatic rings. The van der Waals surface area contributed by atoms with E-state index < -0.39 is 0 Å². The molecule has 0 radical (unpaired) electrons. The molecule has 1 aliphatic rings. The first-order valence-corrected chi connectivity index (χ1v) is 7.44. The van der Waals surface area contributed by atoms with E-state index in [0.29, 0.717) is 16.8 Å². The maximum Gasteiger partial charge on any atom is 0.251 e. The highest BCUT2D eigenvalue weighted by molar-refractivity contribution is 6.29. The molecule has 0 aliphatic heterocycles. The maximum absolute atomic E-state index is 12.2. The molecule has 1 fully saturated rings. The fraction of sp³-hybridized carbons (Fsp3) is 0.467. The molecule has 1 atom stereocenters. The van der Waals surface area contributed by atoms with Gasteiger partial charge in [-0.3, -0.25) is 4.79 Å². The Balaban J connectivity index is 1.86. The lowest BCUT2D eigenvalue weighted by molar-refractivity contribution is 0.0936. The van der Waals surface area contributed by atoms with Crippen molar-refractivity contribution in [3.8, 4) is 0 Å². The van der Waals surface area contributed by atoms with Crippen molar-refractivity contribution in [1.82, 2.24) is 14.9 Å². The molecule has 0 saturated heterocycles. The summed E-state index contributed by atoms with van der Waals surface area (Å²) < 4.78 is 1.92. The monoisotopic (exact) mass is 291 g/mol. The minimum atomic E-state index is -0.0338. The molecule has 1 aromatic carbocycles. The molecule has 1 N–H and O–H groups in total. The third-order valence-electron chi connectivity index (χ3n) is 3.97. The molecule has 20 heavy (non-hydrogen) atoms. The van der Waals surface area contributed by atoms with Gasteiger partial charge in [0, 0.05) is 18.2 Å². The number of rotatable bonds is 4. The summed E-state index contributed by atoms with van der Waals surface area (Å²) >= 11 is 6.09. The van der Waals surface area contributed by atoms with Crippen LogP contribution < -0.4 is 5.32 Å². The number of aromatic nitrogens is 2. The Morgan fingerprint density at radius 3 is 2.95 bits per heavy atom. The van der Waals surface area contributed by atoms with Crippen LogP contribution in [-0.4, -0.2) is 21.5 Å². The van der Waals surface area contributed by atoms with Crippen molar-refractivity contribution in [3.05, 3.63) is 29.0 Å². The van der Waals surface area contributed by atoms with Crippen LogP contribution in [0.4, 0.5) is 0 Å². The summed E-state index contributed by atoms with van der Waals surface area (Å²) in [5.41, 5.74) is 2.37. The Kier molecular flexibility index (Phi) is 3.42. The van der Waals surface area contributed by atoms with Gasteiger partial charge >= 0.3 is 0 Å². The normalized spacial score (nSPS) is 16.4. The zero-order valence-corrected chi connectivity index (χ0v) is 12.4. The lowest BCUT2D eigenvalue weighted by Crippen LogP contribution is -2.33. The highest BCUT2D eigenvalue weighted by atomic mass is 35.5. The standard InChI is InChI=1S/C15H18ClN3O/c1-3-19-13-7-6-11(8-12(13)18-15(19)16)14(20)17-9(2)10-4-5-10/h6-10H,3-5H2,1-2H3,(H,17,20). The lowest BCUT2D eigenvalue weighted by Gasteiger charge is -2.12. The topological polar surface area (TPSA) is 46.9 Å². The first-order valence-electron chi connectivity index (χ1n) is 7.06. The number of hydrogen-bond donors (Lipinski definition) is 1. The first-order chi connectivity index (χ1) is 9.60. The van der Waals surface area contributed by atoms with Gasteiger partial charge in [0.15, 0.2) is 0 Å². The predicted molar refractivity (Wildman–Crippen MR) is 80.1 cm³/mol. The van der Waals surface area contributed by atoms with Gasteiger partial charge in [0.2, 0.25) is 5.28 Å². The largest absolute Gasteiger partial charge is 0.349 e. The van der Waals surface area contributed by atoms with Crippen LogP contribution in [0.1, 0.15) is 37.0 Å². The number of fused-ring (bicyclic) bond motifs is 1. The van der Waals surface area contributed by atoms with Crippen LogP contribution in [-0.2, 0) is 6.54 Å². The van der Waals surface area contributed by atoms with Gasteiger partial charge in [-0.25, -0.2) is 4.98 Å². The van der Waals surface area contributed by atoms with Crippen molar-refractivity contribution >= 4 is 28.5 Å². The molecular formula is C15H18ClN3O. The second kappa shape index (κ2) is 5.09. The summed E-state index contributed by atoms with van der Waals surface area (Å²) in [4.78, 5) is 16.5. The number of benzene rings is 1. The Labute approximate surface area is 123 Å². The van der Waals surface area contributed by atoms with E-state index in [4.69, 9.17) is 11.6 Å². The zero-order chi connectivity index (χ0) is 14.3. The van der Waals surface area contributed by atoms with Crippen LogP contribution >= 0.6 is 11.6 Å². The average molecular weight is 292 g/mol. The Bertz CT molecular complexity index is 660. The van der Waals surface area contributed by atoms with Gasteiger partial charge in [0.05, 0.1) is 11.0 Å². The highest BCUT2D eigenvalue weighted by Gasteiger charge is 2.29. The van der Waals surface area contributed by atoms with Crippen LogP contribution in [0.25, 0.3) is 11.0 Å². The summed E-state index contributed by atoms with van der Waals surface area (Å²) in [6, 6.07) is 5.80. The van der Waals surface area contributed by atoms with Crippen LogP contribution in [0.3, 0.4) is 0 Å². The molecule has 4 nitrogen and oxygen atoms in total. The smallest absolute Gasteiger partial charge is 0.251 e. The summed E-state index contributed by atoms with van der Waals surface area (Å²) in [6.45, 7) is 4.85. The van der Waals surface area contributed by atoms with Crippen LogP contribution in [0.15, 0.2) is 18.2 Å². The lowest BCUT2D eigenvalue weighted by atomic mass is 10.1. The fourth-order valence-corrected chi connectivity index (χ4v) is 2.85. The first kappa shape index (κ1) is 13.4. The summed E-state index contributed by atoms with van der Waals surface area (Å²) in [7, 11) is 0. The summed E-state index contributed by atoms with van der Waals surface area (Å²) in [6.07, 6.45) is 2.44. The third kappa shape index (κ3) is 2.40. The van der Waals surface area contributed by atoms with Crippen molar-refractivity contribution in [1.29, 1.82) is 0 Å². The third-order valence-corrected chi connectivity index (χ3v) is 4.26. The molecule has 0 bridgehead atoms. The quantitative estimate of drug-likeness (QED) is 0.940. The second-order valence-corrected chi connectivity index (χ2v) is 5.77.